The Morgan fingerprint density at radius 2 is 1.81 bits per heavy atom. The molecule has 0 spiro atoms. The summed E-state index contributed by atoms with van der Waals surface area (Å²) < 4.78 is 26.9. The number of hydrogen-bond donors (Lipinski definition) is 3. The molecule has 0 saturated carbocycles. The third kappa shape index (κ3) is 5.02. The van der Waals surface area contributed by atoms with Gasteiger partial charge in [-0.15, -0.1) is 0 Å². The molecule has 1 aromatic rings. The Morgan fingerprint density at radius 3 is 2.33 bits per heavy atom. The van der Waals surface area contributed by atoms with Crippen molar-refractivity contribution in [3.63, 3.8) is 0 Å². The van der Waals surface area contributed by atoms with E-state index in [0.717, 1.165) is 5.56 Å². The summed E-state index contributed by atoms with van der Waals surface area (Å²) in [5, 5.41) is 2.69. The largest absolute Gasteiger partial charge is 0.398 e. The van der Waals surface area contributed by atoms with Crippen molar-refractivity contribution in [1.82, 2.24) is 10.0 Å². The minimum Gasteiger partial charge on any atom is -0.398 e. The molecule has 0 aliphatic heterocycles. The van der Waals surface area contributed by atoms with E-state index in [0.29, 0.717) is 11.3 Å². The molecule has 0 heterocycles. The summed E-state index contributed by atoms with van der Waals surface area (Å²) in [6.45, 7) is 8.56. The first-order valence-corrected chi connectivity index (χ1v) is 8.08. The zero-order valence-electron chi connectivity index (χ0n) is 13.1. The number of benzene rings is 1. The molecule has 21 heavy (non-hydrogen) atoms. The Kier molecular flexibility index (Phi) is 5.01. The molecular weight excluding hydrogens is 290 g/mol. The quantitative estimate of drug-likeness (QED) is 0.724. The van der Waals surface area contributed by atoms with Crippen LogP contribution in [0.3, 0.4) is 0 Å². The van der Waals surface area contributed by atoms with Gasteiger partial charge in [0.05, 0.1) is 11.4 Å². The van der Waals surface area contributed by atoms with Gasteiger partial charge < -0.3 is 11.1 Å². The van der Waals surface area contributed by atoms with Crippen LogP contribution in [0, 0.1) is 13.8 Å². The fraction of sp³-hybridized carbons (Fsp3) is 0.500. The van der Waals surface area contributed by atoms with Crippen LogP contribution in [0.5, 0.6) is 0 Å². The maximum Gasteiger partial charge on any atom is 0.241 e. The molecule has 0 aromatic heterocycles. The van der Waals surface area contributed by atoms with E-state index in [4.69, 9.17) is 5.73 Å². The Bertz CT molecular complexity index is 646. The van der Waals surface area contributed by atoms with Crippen LogP contribution in [0.4, 0.5) is 5.69 Å². The van der Waals surface area contributed by atoms with E-state index in [1.807, 2.05) is 20.8 Å². The lowest BCUT2D eigenvalue weighted by molar-refractivity contribution is -0.121. The van der Waals surface area contributed by atoms with Gasteiger partial charge in [0, 0.05) is 11.2 Å². The summed E-state index contributed by atoms with van der Waals surface area (Å²) in [5.74, 6) is -0.385. The molecule has 0 aliphatic carbocycles. The second kappa shape index (κ2) is 6.03. The molecule has 118 valence electrons. The van der Waals surface area contributed by atoms with Crippen molar-refractivity contribution in [2.24, 2.45) is 0 Å². The van der Waals surface area contributed by atoms with Gasteiger partial charge in [0.25, 0.3) is 0 Å². The van der Waals surface area contributed by atoms with Crippen LogP contribution in [0.2, 0.25) is 0 Å². The van der Waals surface area contributed by atoms with E-state index in [1.54, 1.807) is 19.9 Å². The van der Waals surface area contributed by atoms with Gasteiger partial charge in [0.15, 0.2) is 0 Å². The van der Waals surface area contributed by atoms with Crippen molar-refractivity contribution in [2.75, 3.05) is 12.3 Å². The van der Waals surface area contributed by atoms with Crippen molar-refractivity contribution in [3.8, 4) is 0 Å². The second-order valence-corrected chi connectivity index (χ2v) is 7.84. The molecule has 0 atom stereocenters. The van der Waals surface area contributed by atoms with Crippen molar-refractivity contribution < 1.29 is 13.2 Å². The fourth-order valence-electron chi connectivity index (χ4n) is 1.83. The molecular formula is C14H23N3O3S. The predicted octanol–water partition coefficient (Wildman–Crippen LogP) is 1.08. The number of aryl methyl sites for hydroxylation is 1. The average molecular weight is 313 g/mol. The molecule has 0 bridgehead atoms. The average Bonchev–Trinajstić information content (AvgIpc) is 2.29. The van der Waals surface area contributed by atoms with Crippen molar-refractivity contribution in [2.45, 2.75) is 45.1 Å². The molecule has 7 heteroatoms. The standard InChI is InChI=1S/C14H23N3O3S/c1-9-6-11(15)10(2)12(7-9)21(19,20)16-8-13(18)17-14(3,4)5/h6-7,16H,8,15H2,1-5H3,(H,17,18). The lowest BCUT2D eigenvalue weighted by Gasteiger charge is -2.20. The molecule has 0 radical (unpaired) electrons. The summed E-state index contributed by atoms with van der Waals surface area (Å²) in [7, 11) is -3.78. The number of carbonyl (C=O) groups excluding carboxylic acids is 1. The van der Waals surface area contributed by atoms with Gasteiger partial charge in [0.1, 0.15) is 0 Å². The van der Waals surface area contributed by atoms with E-state index >= 15 is 0 Å². The van der Waals surface area contributed by atoms with E-state index in [-0.39, 0.29) is 17.3 Å². The van der Waals surface area contributed by atoms with E-state index in [1.165, 1.54) is 6.07 Å². The van der Waals surface area contributed by atoms with Crippen LogP contribution in [0.15, 0.2) is 17.0 Å². The summed E-state index contributed by atoms with van der Waals surface area (Å²) in [6.07, 6.45) is 0. The van der Waals surface area contributed by atoms with Gasteiger partial charge in [-0.3, -0.25) is 4.79 Å². The highest BCUT2D eigenvalue weighted by Gasteiger charge is 2.21. The number of anilines is 1. The zero-order valence-corrected chi connectivity index (χ0v) is 13.9. The number of sulfonamides is 1. The fourth-order valence-corrected chi connectivity index (χ4v) is 3.17. The smallest absolute Gasteiger partial charge is 0.241 e. The number of carbonyl (C=O) groups is 1. The summed E-state index contributed by atoms with van der Waals surface area (Å²) in [5.41, 5.74) is 7.01. The van der Waals surface area contributed by atoms with Crippen molar-refractivity contribution >= 4 is 21.6 Å². The van der Waals surface area contributed by atoms with E-state index in [2.05, 4.69) is 10.0 Å². The number of hydrogen-bond acceptors (Lipinski definition) is 4. The van der Waals surface area contributed by atoms with E-state index < -0.39 is 15.6 Å². The first-order valence-electron chi connectivity index (χ1n) is 6.60. The van der Waals surface area contributed by atoms with E-state index in [9.17, 15) is 13.2 Å². The minimum absolute atomic E-state index is 0.101. The minimum atomic E-state index is -3.78. The van der Waals surface area contributed by atoms with Crippen LogP contribution in [0.25, 0.3) is 0 Å². The van der Waals surface area contributed by atoms with Crippen molar-refractivity contribution in [3.05, 3.63) is 23.3 Å². The molecule has 0 aliphatic rings. The third-order valence-corrected chi connectivity index (χ3v) is 4.30. The molecule has 1 rings (SSSR count). The lowest BCUT2D eigenvalue weighted by Crippen LogP contribution is -2.45. The van der Waals surface area contributed by atoms with Gasteiger partial charge in [-0.05, 0) is 57.9 Å². The van der Waals surface area contributed by atoms with Gasteiger partial charge >= 0.3 is 0 Å². The molecule has 0 saturated heterocycles. The lowest BCUT2D eigenvalue weighted by atomic mass is 10.1. The molecule has 0 unspecified atom stereocenters. The first-order chi connectivity index (χ1) is 9.42. The molecule has 1 aromatic carbocycles. The highest BCUT2D eigenvalue weighted by atomic mass is 32.2. The third-order valence-electron chi connectivity index (χ3n) is 2.77. The molecule has 1 amide bonds. The summed E-state index contributed by atoms with van der Waals surface area (Å²) in [6, 6.07) is 3.25. The van der Waals surface area contributed by atoms with Gasteiger partial charge in [0.2, 0.25) is 15.9 Å². The number of rotatable bonds is 4. The summed E-state index contributed by atoms with van der Waals surface area (Å²) >= 11 is 0. The highest BCUT2D eigenvalue weighted by molar-refractivity contribution is 7.89. The molecule has 4 N–H and O–H groups in total. The Balaban J connectivity index is 2.91. The number of nitrogen functional groups attached to an aromatic ring is 1. The Hall–Kier alpha value is -1.60. The van der Waals surface area contributed by atoms with Gasteiger partial charge in [-0.1, -0.05) is 0 Å². The van der Waals surface area contributed by atoms with Gasteiger partial charge in [-0.25, -0.2) is 13.1 Å². The monoisotopic (exact) mass is 313 g/mol. The zero-order chi connectivity index (χ0) is 16.4. The number of nitrogens with two attached hydrogens (primary N) is 1. The highest BCUT2D eigenvalue weighted by Crippen LogP contribution is 2.22. The normalized spacial score (nSPS) is 12.2. The van der Waals surface area contributed by atoms with Gasteiger partial charge in [-0.2, -0.15) is 0 Å². The molecule has 6 nitrogen and oxygen atoms in total. The topological polar surface area (TPSA) is 101 Å². The van der Waals surface area contributed by atoms with Crippen LogP contribution in [-0.4, -0.2) is 26.4 Å². The van der Waals surface area contributed by atoms with Crippen molar-refractivity contribution in [1.29, 1.82) is 0 Å². The maximum absolute atomic E-state index is 12.3. The maximum atomic E-state index is 12.3. The first kappa shape index (κ1) is 17.5. The predicted molar refractivity (Wildman–Crippen MR) is 83.4 cm³/mol. The number of nitrogens with one attached hydrogen (secondary N) is 2. The molecule has 0 fully saturated rings. The number of amides is 1. The SMILES string of the molecule is Cc1cc(N)c(C)c(S(=O)(=O)NCC(=O)NC(C)(C)C)c1. The van der Waals surface area contributed by atoms with Crippen LogP contribution in [0.1, 0.15) is 31.9 Å². The second-order valence-electron chi connectivity index (χ2n) is 6.10. The van der Waals surface area contributed by atoms with Crippen LogP contribution >= 0.6 is 0 Å². The Morgan fingerprint density at radius 1 is 1.24 bits per heavy atom. The summed E-state index contributed by atoms with van der Waals surface area (Å²) in [4.78, 5) is 11.8. The van der Waals surface area contributed by atoms with Crippen LogP contribution < -0.4 is 15.8 Å². The van der Waals surface area contributed by atoms with Crippen LogP contribution in [-0.2, 0) is 14.8 Å². The Labute approximate surface area is 126 Å².